The van der Waals surface area contributed by atoms with Crippen LogP contribution in [-0.4, -0.2) is 18.5 Å². The van der Waals surface area contributed by atoms with Crippen LogP contribution in [0.5, 0.6) is 0 Å². The summed E-state index contributed by atoms with van der Waals surface area (Å²) in [5, 5.41) is 5.38. The molecule has 0 fully saturated rings. The molecule has 0 bridgehead atoms. The van der Waals surface area contributed by atoms with Crippen molar-refractivity contribution in [2.45, 2.75) is 0 Å². The van der Waals surface area contributed by atoms with Gasteiger partial charge in [0, 0.05) is 0 Å². The molecule has 1 aromatic carbocycles. The highest BCUT2D eigenvalue weighted by Crippen LogP contribution is 2.29. The second kappa shape index (κ2) is 5.58. The molecule has 3 amide bonds. The van der Waals surface area contributed by atoms with Gasteiger partial charge < -0.3 is 11.1 Å². The summed E-state index contributed by atoms with van der Waals surface area (Å²) in [5.74, 6) is -0.566. The molecule has 0 unspecified atom stereocenters. The van der Waals surface area contributed by atoms with Gasteiger partial charge in [0.2, 0.25) is 5.91 Å². The quantitative estimate of drug-likeness (QED) is 0.773. The number of hydrogen-bond acceptors (Lipinski definition) is 3. The van der Waals surface area contributed by atoms with E-state index in [0.717, 1.165) is 0 Å². The number of nitrogens with two attached hydrogens (primary N) is 1. The molecule has 7 heteroatoms. The fourth-order valence-corrected chi connectivity index (χ4v) is 1.55. The van der Waals surface area contributed by atoms with Gasteiger partial charge in [0.05, 0.1) is 22.3 Å². The summed E-state index contributed by atoms with van der Waals surface area (Å²) in [4.78, 5) is 21.5. The molecule has 4 N–H and O–H groups in total. The van der Waals surface area contributed by atoms with Crippen LogP contribution in [0.2, 0.25) is 10.0 Å². The van der Waals surface area contributed by atoms with Crippen molar-refractivity contribution >= 4 is 40.8 Å². The largest absolute Gasteiger partial charge is 0.374 e. The van der Waals surface area contributed by atoms with E-state index in [9.17, 15) is 9.59 Å². The Morgan fingerprint density at radius 3 is 2.31 bits per heavy atom. The topological polar surface area (TPSA) is 84.2 Å². The number of amides is 3. The molecular weight excluding hydrogens is 253 g/mol. The summed E-state index contributed by atoms with van der Waals surface area (Å²) < 4.78 is 0. The monoisotopic (exact) mass is 261 g/mol. The van der Waals surface area contributed by atoms with Crippen molar-refractivity contribution in [3.63, 3.8) is 0 Å². The minimum absolute atomic E-state index is 0.146. The van der Waals surface area contributed by atoms with E-state index in [2.05, 4.69) is 5.32 Å². The minimum atomic E-state index is -0.906. The lowest BCUT2D eigenvalue weighted by Gasteiger charge is -2.09. The molecule has 0 saturated carbocycles. The first-order chi connectivity index (χ1) is 7.50. The Morgan fingerprint density at radius 2 is 1.81 bits per heavy atom. The maximum Gasteiger partial charge on any atom is 0.318 e. The summed E-state index contributed by atoms with van der Waals surface area (Å²) in [6.07, 6.45) is 0. The Hall–Kier alpha value is -1.46. The SMILES string of the molecule is NC(=O)NC(=O)CNc1c(Cl)cccc1Cl. The lowest BCUT2D eigenvalue weighted by atomic mass is 10.3. The summed E-state index contributed by atoms with van der Waals surface area (Å²) in [7, 11) is 0. The fraction of sp³-hybridized carbons (Fsp3) is 0.111. The second-order valence-corrected chi connectivity index (χ2v) is 3.68. The number of urea groups is 1. The number of hydrogen-bond donors (Lipinski definition) is 3. The van der Waals surface area contributed by atoms with Gasteiger partial charge in [-0.1, -0.05) is 29.3 Å². The zero-order valence-corrected chi connectivity index (χ0v) is 9.60. The van der Waals surface area contributed by atoms with E-state index in [1.807, 2.05) is 5.32 Å². The number of anilines is 1. The van der Waals surface area contributed by atoms with Gasteiger partial charge in [-0.05, 0) is 12.1 Å². The van der Waals surface area contributed by atoms with Crippen LogP contribution in [0, 0.1) is 0 Å². The average molecular weight is 262 g/mol. The van der Waals surface area contributed by atoms with Crippen molar-refractivity contribution in [3.05, 3.63) is 28.2 Å². The van der Waals surface area contributed by atoms with E-state index in [0.29, 0.717) is 15.7 Å². The molecule has 0 atom stereocenters. The summed E-state index contributed by atoms with van der Waals surface area (Å²) >= 11 is 11.7. The van der Waals surface area contributed by atoms with Crippen LogP contribution in [0.4, 0.5) is 10.5 Å². The summed E-state index contributed by atoms with van der Waals surface area (Å²) in [5.41, 5.74) is 5.21. The predicted octanol–water partition coefficient (Wildman–Crippen LogP) is 1.60. The van der Waals surface area contributed by atoms with E-state index in [1.54, 1.807) is 18.2 Å². The van der Waals surface area contributed by atoms with E-state index >= 15 is 0 Å². The molecule has 0 aliphatic carbocycles. The van der Waals surface area contributed by atoms with Crippen molar-refractivity contribution < 1.29 is 9.59 Å². The van der Waals surface area contributed by atoms with Gasteiger partial charge in [0.15, 0.2) is 0 Å². The van der Waals surface area contributed by atoms with Gasteiger partial charge >= 0.3 is 6.03 Å². The number of imide groups is 1. The molecule has 5 nitrogen and oxygen atoms in total. The highest BCUT2D eigenvalue weighted by molar-refractivity contribution is 6.39. The van der Waals surface area contributed by atoms with Crippen LogP contribution in [0.1, 0.15) is 0 Å². The highest BCUT2D eigenvalue weighted by atomic mass is 35.5. The third-order valence-corrected chi connectivity index (χ3v) is 2.28. The minimum Gasteiger partial charge on any atom is -0.374 e. The molecule has 1 rings (SSSR count). The number of nitrogens with one attached hydrogen (secondary N) is 2. The van der Waals surface area contributed by atoms with Gasteiger partial charge in [-0.2, -0.15) is 0 Å². The number of halogens is 2. The van der Waals surface area contributed by atoms with Gasteiger partial charge in [-0.3, -0.25) is 10.1 Å². The van der Waals surface area contributed by atoms with Crippen molar-refractivity contribution in [1.29, 1.82) is 0 Å². The summed E-state index contributed by atoms with van der Waals surface area (Å²) in [6.45, 7) is -0.146. The van der Waals surface area contributed by atoms with Crippen LogP contribution in [0.25, 0.3) is 0 Å². The molecule has 86 valence electrons. The number of para-hydroxylation sites is 1. The lowest BCUT2D eigenvalue weighted by molar-refractivity contribution is -0.118. The smallest absolute Gasteiger partial charge is 0.318 e. The van der Waals surface area contributed by atoms with E-state index in [4.69, 9.17) is 28.9 Å². The van der Waals surface area contributed by atoms with Gasteiger partial charge in [-0.15, -0.1) is 0 Å². The number of carbonyl (C=O) groups excluding carboxylic acids is 2. The van der Waals surface area contributed by atoms with E-state index in [1.165, 1.54) is 0 Å². The molecule has 0 spiro atoms. The number of benzene rings is 1. The van der Waals surface area contributed by atoms with Gasteiger partial charge in [-0.25, -0.2) is 4.79 Å². The first kappa shape index (κ1) is 12.6. The van der Waals surface area contributed by atoms with E-state index < -0.39 is 11.9 Å². The molecule has 0 heterocycles. The molecule has 0 saturated heterocycles. The Bertz CT molecular complexity index is 403. The first-order valence-electron chi connectivity index (χ1n) is 4.28. The highest BCUT2D eigenvalue weighted by Gasteiger charge is 2.08. The second-order valence-electron chi connectivity index (χ2n) is 2.86. The first-order valence-corrected chi connectivity index (χ1v) is 5.03. The van der Waals surface area contributed by atoms with E-state index in [-0.39, 0.29) is 6.54 Å². The number of rotatable bonds is 3. The van der Waals surface area contributed by atoms with Crippen molar-refractivity contribution in [2.75, 3.05) is 11.9 Å². The van der Waals surface area contributed by atoms with Crippen molar-refractivity contribution in [2.24, 2.45) is 5.73 Å². The number of carbonyl (C=O) groups is 2. The fourth-order valence-electron chi connectivity index (χ4n) is 1.02. The molecular formula is C9H9Cl2N3O2. The standard InChI is InChI=1S/C9H9Cl2N3O2/c10-5-2-1-3-6(11)8(5)13-4-7(15)14-9(12)16/h1-3,13H,4H2,(H3,12,14,15,16). The molecule has 0 aromatic heterocycles. The third kappa shape index (κ3) is 3.60. The van der Waals surface area contributed by atoms with Crippen LogP contribution in [0.3, 0.4) is 0 Å². The lowest BCUT2D eigenvalue weighted by Crippen LogP contribution is -2.38. The van der Waals surface area contributed by atoms with Crippen molar-refractivity contribution in [3.8, 4) is 0 Å². The molecule has 1 aromatic rings. The zero-order chi connectivity index (χ0) is 12.1. The molecule has 16 heavy (non-hydrogen) atoms. The van der Waals surface area contributed by atoms with Crippen LogP contribution < -0.4 is 16.4 Å². The Kier molecular flexibility index (Phi) is 4.39. The van der Waals surface area contributed by atoms with Crippen LogP contribution in [0.15, 0.2) is 18.2 Å². The Morgan fingerprint density at radius 1 is 1.25 bits per heavy atom. The Labute approximate surface area is 102 Å². The van der Waals surface area contributed by atoms with Gasteiger partial charge in [0.25, 0.3) is 0 Å². The van der Waals surface area contributed by atoms with Crippen LogP contribution in [-0.2, 0) is 4.79 Å². The number of primary amides is 1. The van der Waals surface area contributed by atoms with Crippen LogP contribution >= 0.6 is 23.2 Å². The maximum absolute atomic E-state index is 11.1. The van der Waals surface area contributed by atoms with Gasteiger partial charge in [0.1, 0.15) is 0 Å². The molecule has 0 aliphatic rings. The third-order valence-electron chi connectivity index (χ3n) is 1.65. The van der Waals surface area contributed by atoms with Crippen molar-refractivity contribution in [1.82, 2.24) is 5.32 Å². The molecule has 0 radical (unpaired) electrons. The summed E-state index contributed by atoms with van der Waals surface area (Å²) in [6, 6.07) is 4.03. The zero-order valence-electron chi connectivity index (χ0n) is 8.09. The maximum atomic E-state index is 11.1. The predicted molar refractivity (Wildman–Crippen MR) is 62.7 cm³/mol. The average Bonchev–Trinajstić information content (AvgIpc) is 2.15. The normalized spacial score (nSPS) is 9.62. The Balaban J connectivity index is 2.61. The molecule has 0 aliphatic heterocycles.